The average molecular weight is 280 g/mol. The predicted octanol–water partition coefficient (Wildman–Crippen LogP) is 4.01. The first-order valence-corrected chi connectivity index (χ1v) is 6.95. The van der Waals surface area contributed by atoms with E-state index in [-0.39, 0.29) is 5.78 Å². The van der Waals surface area contributed by atoms with Crippen LogP contribution in [0.2, 0.25) is 0 Å². The summed E-state index contributed by atoms with van der Waals surface area (Å²) in [5, 5.41) is 0. The molecule has 0 amide bonds. The van der Waals surface area contributed by atoms with E-state index in [0.717, 1.165) is 11.1 Å². The summed E-state index contributed by atoms with van der Waals surface area (Å²) in [5.74, 6) is 1.53. The number of carbonyl (C=O) groups is 1. The lowest BCUT2D eigenvalue weighted by Crippen LogP contribution is -1.98. The van der Waals surface area contributed by atoms with Gasteiger partial charge in [0.1, 0.15) is 11.5 Å². The van der Waals surface area contributed by atoms with E-state index in [9.17, 15) is 4.79 Å². The molecule has 0 radical (unpaired) electrons. The van der Waals surface area contributed by atoms with E-state index in [1.807, 2.05) is 38.1 Å². The highest BCUT2D eigenvalue weighted by molar-refractivity contribution is 6.14. The van der Waals surface area contributed by atoms with Crippen molar-refractivity contribution in [2.45, 2.75) is 13.8 Å². The van der Waals surface area contributed by atoms with Crippen LogP contribution in [0.3, 0.4) is 0 Å². The first-order chi connectivity index (χ1) is 10.2. The number of allylic oxidation sites excluding steroid dienone is 1. The van der Waals surface area contributed by atoms with E-state index in [1.54, 1.807) is 24.3 Å². The fourth-order valence-corrected chi connectivity index (χ4v) is 2.33. The van der Waals surface area contributed by atoms with Crippen molar-refractivity contribution < 1.29 is 14.3 Å². The molecular weight excluding hydrogens is 264 g/mol. The molecule has 21 heavy (non-hydrogen) atoms. The lowest BCUT2D eigenvalue weighted by atomic mass is 10.1. The second kappa shape index (κ2) is 5.44. The molecule has 0 aromatic heterocycles. The van der Waals surface area contributed by atoms with Crippen LogP contribution in [0.5, 0.6) is 11.5 Å². The Morgan fingerprint density at radius 1 is 1.19 bits per heavy atom. The number of aryl methyl sites for hydroxylation is 1. The highest BCUT2D eigenvalue weighted by atomic mass is 16.5. The maximum atomic E-state index is 12.3. The SMILES string of the molecule is CCOc1ccc2c(c1)O/C(=C\c1cccc(C)c1)C2=O. The van der Waals surface area contributed by atoms with Gasteiger partial charge in [-0.1, -0.05) is 29.8 Å². The van der Waals surface area contributed by atoms with Crippen LogP contribution in [-0.2, 0) is 0 Å². The summed E-state index contributed by atoms with van der Waals surface area (Å²) in [5.41, 5.74) is 2.68. The normalized spacial score (nSPS) is 15.0. The summed E-state index contributed by atoms with van der Waals surface area (Å²) in [4.78, 5) is 12.3. The number of hydrogen-bond acceptors (Lipinski definition) is 3. The summed E-state index contributed by atoms with van der Waals surface area (Å²) >= 11 is 0. The van der Waals surface area contributed by atoms with E-state index < -0.39 is 0 Å². The molecular formula is C18H16O3. The Balaban J connectivity index is 1.92. The van der Waals surface area contributed by atoms with Gasteiger partial charge < -0.3 is 9.47 Å². The van der Waals surface area contributed by atoms with Crippen LogP contribution in [0.25, 0.3) is 6.08 Å². The number of benzene rings is 2. The van der Waals surface area contributed by atoms with E-state index in [0.29, 0.717) is 29.4 Å². The van der Waals surface area contributed by atoms with Crippen molar-refractivity contribution in [1.82, 2.24) is 0 Å². The van der Waals surface area contributed by atoms with Crippen molar-refractivity contribution in [3.63, 3.8) is 0 Å². The van der Waals surface area contributed by atoms with E-state index in [2.05, 4.69) is 0 Å². The third-order valence-corrected chi connectivity index (χ3v) is 3.29. The topological polar surface area (TPSA) is 35.5 Å². The van der Waals surface area contributed by atoms with E-state index >= 15 is 0 Å². The van der Waals surface area contributed by atoms with Gasteiger partial charge in [-0.25, -0.2) is 0 Å². The molecule has 0 atom stereocenters. The molecule has 0 spiro atoms. The molecule has 1 aliphatic heterocycles. The number of carbonyl (C=O) groups excluding carboxylic acids is 1. The van der Waals surface area contributed by atoms with Gasteiger partial charge in [-0.3, -0.25) is 4.79 Å². The molecule has 1 aliphatic rings. The van der Waals surface area contributed by atoms with Gasteiger partial charge >= 0.3 is 0 Å². The molecule has 0 unspecified atom stereocenters. The molecule has 1 heterocycles. The first-order valence-electron chi connectivity index (χ1n) is 6.95. The summed E-state index contributed by atoms with van der Waals surface area (Å²) in [6, 6.07) is 13.2. The fourth-order valence-electron chi connectivity index (χ4n) is 2.33. The second-order valence-electron chi connectivity index (χ2n) is 4.94. The molecule has 0 bridgehead atoms. The standard InChI is InChI=1S/C18H16O3/c1-3-20-14-7-8-15-16(11-14)21-17(18(15)19)10-13-6-4-5-12(2)9-13/h4-11H,3H2,1-2H3/b17-10-. The maximum absolute atomic E-state index is 12.3. The summed E-state index contributed by atoms with van der Waals surface area (Å²) < 4.78 is 11.1. The van der Waals surface area contributed by atoms with Gasteiger partial charge in [-0.05, 0) is 37.6 Å². The molecule has 106 valence electrons. The van der Waals surface area contributed by atoms with E-state index in [1.165, 1.54) is 0 Å². The average Bonchev–Trinajstić information content (AvgIpc) is 2.75. The molecule has 2 aromatic rings. The minimum absolute atomic E-state index is 0.0884. The van der Waals surface area contributed by atoms with Crippen LogP contribution in [0.1, 0.15) is 28.4 Å². The van der Waals surface area contributed by atoms with Crippen molar-refractivity contribution in [2.24, 2.45) is 0 Å². The third kappa shape index (κ3) is 2.68. The quantitative estimate of drug-likeness (QED) is 0.797. The summed E-state index contributed by atoms with van der Waals surface area (Å²) in [7, 11) is 0. The van der Waals surface area contributed by atoms with Crippen LogP contribution in [0.4, 0.5) is 0 Å². The van der Waals surface area contributed by atoms with Crippen LogP contribution in [0, 0.1) is 6.92 Å². The Hall–Kier alpha value is -2.55. The Morgan fingerprint density at radius 3 is 2.81 bits per heavy atom. The van der Waals surface area contributed by atoms with Gasteiger partial charge in [0, 0.05) is 6.07 Å². The number of ketones is 1. The van der Waals surface area contributed by atoms with E-state index in [4.69, 9.17) is 9.47 Å². The molecule has 3 rings (SSSR count). The number of fused-ring (bicyclic) bond motifs is 1. The van der Waals surface area contributed by atoms with Gasteiger partial charge in [0.25, 0.3) is 0 Å². The van der Waals surface area contributed by atoms with Crippen molar-refractivity contribution in [3.8, 4) is 11.5 Å². The lowest BCUT2D eigenvalue weighted by molar-refractivity contribution is 0.101. The van der Waals surface area contributed by atoms with Gasteiger partial charge in [0.15, 0.2) is 5.76 Å². The van der Waals surface area contributed by atoms with Gasteiger partial charge in [0.05, 0.1) is 12.2 Å². The number of Topliss-reactive ketones (excluding diaryl/α,β-unsaturated/α-hetero) is 1. The molecule has 0 saturated heterocycles. The van der Waals surface area contributed by atoms with Crippen LogP contribution >= 0.6 is 0 Å². The zero-order valence-corrected chi connectivity index (χ0v) is 12.1. The Labute approximate surface area is 123 Å². The minimum atomic E-state index is -0.0884. The zero-order valence-electron chi connectivity index (χ0n) is 12.1. The number of ether oxygens (including phenoxy) is 2. The molecule has 0 N–H and O–H groups in total. The smallest absolute Gasteiger partial charge is 0.231 e. The van der Waals surface area contributed by atoms with Crippen LogP contribution in [-0.4, -0.2) is 12.4 Å². The van der Waals surface area contributed by atoms with Crippen molar-refractivity contribution in [3.05, 3.63) is 64.9 Å². The number of rotatable bonds is 3. The molecule has 2 aromatic carbocycles. The van der Waals surface area contributed by atoms with Crippen molar-refractivity contribution in [1.29, 1.82) is 0 Å². The third-order valence-electron chi connectivity index (χ3n) is 3.29. The molecule has 0 fully saturated rings. The highest BCUT2D eigenvalue weighted by Crippen LogP contribution is 2.34. The van der Waals surface area contributed by atoms with Gasteiger partial charge in [0.2, 0.25) is 5.78 Å². The molecule has 3 heteroatoms. The predicted molar refractivity (Wildman–Crippen MR) is 81.7 cm³/mol. The largest absolute Gasteiger partial charge is 0.494 e. The van der Waals surface area contributed by atoms with Crippen molar-refractivity contribution >= 4 is 11.9 Å². The first kappa shape index (κ1) is 13.4. The lowest BCUT2D eigenvalue weighted by Gasteiger charge is -2.03. The Bertz CT molecular complexity index is 729. The molecule has 0 aliphatic carbocycles. The maximum Gasteiger partial charge on any atom is 0.231 e. The van der Waals surface area contributed by atoms with Gasteiger partial charge in [-0.2, -0.15) is 0 Å². The Morgan fingerprint density at radius 2 is 2.05 bits per heavy atom. The molecule has 0 saturated carbocycles. The zero-order chi connectivity index (χ0) is 14.8. The molecule has 3 nitrogen and oxygen atoms in total. The second-order valence-corrected chi connectivity index (χ2v) is 4.94. The van der Waals surface area contributed by atoms with Gasteiger partial charge in [-0.15, -0.1) is 0 Å². The monoisotopic (exact) mass is 280 g/mol. The van der Waals surface area contributed by atoms with Crippen LogP contribution < -0.4 is 9.47 Å². The summed E-state index contributed by atoms with van der Waals surface area (Å²) in [6.45, 7) is 4.52. The fraction of sp³-hybridized carbons (Fsp3) is 0.167. The minimum Gasteiger partial charge on any atom is -0.494 e. The van der Waals surface area contributed by atoms with Crippen LogP contribution in [0.15, 0.2) is 48.2 Å². The Kier molecular flexibility index (Phi) is 3.48. The summed E-state index contributed by atoms with van der Waals surface area (Å²) in [6.07, 6.45) is 1.77. The highest BCUT2D eigenvalue weighted by Gasteiger charge is 2.27. The number of hydrogen-bond donors (Lipinski definition) is 0. The van der Waals surface area contributed by atoms with Crippen molar-refractivity contribution in [2.75, 3.05) is 6.61 Å².